The lowest BCUT2D eigenvalue weighted by atomic mass is 10.1. The fourth-order valence-electron chi connectivity index (χ4n) is 3.21. The van der Waals surface area contributed by atoms with E-state index in [-0.39, 0.29) is 23.0 Å². The predicted molar refractivity (Wildman–Crippen MR) is 136 cm³/mol. The highest BCUT2D eigenvalue weighted by Gasteiger charge is 2.17. The number of hydrogen-bond donors (Lipinski definition) is 4. The number of rotatable bonds is 8. The van der Waals surface area contributed by atoms with Crippen molar-refractivity contribution in [1.82, 2.24) is 10.9 Å². The van der Waals surface area contributed by atoms with Crippen molar-refractivity contribution in [2.75, 3.05) is 0 Å². The van der Waals surface area contributed by atoms with Gasteiger partial charge >= 0.3 is 23.2 Å². The summed E-state index contributed by atoms with van der Waals surface area (Å²) in [4.78, 5) is 44.3. The van der Waals surface area contributed by atoms with Gasteiger partial charge in [-0.3, -0.25) is 29.8 Å². The van der Waals surface area contributed by atoms with Gasteiger partial charge in [0.15, 0.2) is 11.5 Å². The largest absolute Gasteiger partial charge is 0.502 e. The summed E-state index contributed by atoms with van der Waals surface area (Å²) in [5.74, 6) is -2.56. The molecule has 0 aliphatic rings. The van der Waals surface area contributed by atoms with E-state index in [2.05, 4.69) is 10.2 Å². The Balaban J connectivity index is 1.30. The van der Waals surface area contributed by atoms with E-state index in [0.717, 1.165) is 36.7 Å². The van der Waals surface area contributed by atoms with Crippen molar-refractivity contribution in [3.05, 3.63) is 92.4 Å². The van der Waals surface area contributed by atoms with Crippen LogP contribution in [0, 0.1) is 20.2 Å². The van der Waals surface area contributed by atoms with E-state index >= 15 is 0 Å². The van der Waals surface area contributed by atoms with Crippen LogP contribution >= 0.6 is 0 Å². The first-order chi connectivity index (χ1) is 19.1. The molecule has 0 saturated carbocycles. The van der Waals surface area contributed by atoms with Crippen LogP contribution in [-0.2, 0) is 9.59 Å². The Hall–Kier alpha value is -6.32. The summed E-state index contributed by atoms with van der Waals surface area (Å²) < 4.78 is 10.9. The maximum atomic E-state index is 11.9. The first kappa shape index (κ1) is 26.7. The van der Waals surface area contributed by atoms with Crippen molar-refractivity contribution in [2.24, 2.45) is 10.2 Å². The van der Waals surface area contributed by atoms with Gasteiger partial charge in [0.05, 0.1) is 22.3 Å². The van der Waals surface area contributed by atoms with E-state index in [9.17, 15) is 40.0 Å². The normalized spacial score (nSPS) is 11.1. The minimum absolute atomic E-state index is 0.150. The Morgan fingerprint density at radius 2 is 1.10 bits per heavy atom. The zero-order chi connectivity index (χ0) is 28.8. The van der Waals surface area contributed by atoms with Gasteiger partial charge in [-0.2, -0.15) is 10.2 Å². The third kappa shape index (κ3) is 6.14. The number of furan rings is 2. The second kappa shape index (κ2) is 11.4. The molecule has 202 valence electrons. The maximum absolute atomic E-state index is 11.9. The third-order valence-electron chi connectivity index (χ3n) is 5.09. The van der Waals surface area contributed by atoms with E-state index in [1.54, 1.807) is 0 Å². The quantitative estimate of drug-likeness (QED) is 0.109. The summed E-state index contributed by atoms with van der Waals surface area (Å²) in [6.07, 6.45) is 2.18. The number of nitro groups is 2. The zero-order valence-electron chi connectivity index (χ0n) is 19.9. The van der Waals surface area contributed by atoms with Crippen LogP contribution in [0.4, 0.5) is 11.4 Å². The number of nitro benzene ring substituents is 2. The molecular weight excluding hydrogens is 532 g/mol. The van der Waals surface area contributed by atoms with Crippen molar-refractivity contribution in [2.45, 2.75) is 0 Å². The molecule has 0 aliphatic heterocycles. The van der Waals surface area contributed by atoms with Crippen LogP contribution in [0.5, 0.6) is 11.5 Å². The van der Waals surface area contributed by atoms with E-state index in [1.807, 2.05) is 10.9 Å². The highest BCUT2D eigenvalue weighted by atomic mass is 16.6. The zero-order valence-corrected chi connectivity index (χ0v) is 19.9. The molecule has 2 heterocycles. The first-order valence-corrected chi connectivity index (χ1v) is 10.9. The van der Waals surface area contributed by atoms with Gasteiger partial charge in [0, 0.05) is 23.3 Å². The number of phenolic OH excluding ortho intramolecular Hbond substituents is 2. The summed E-state index contributed by atoms with van der Waals surface area (Å²) in [6, 6.07) is 13.3. The monoisotopic (exact) mass is 548 g/mol. The maximum Gasteiger partial charge on any atom is 0.331 e. The molecule has 0 saturated heterocycles. The molecule has 0 atom stereocenters. The molecule has 0 aliphatic carbocycles. The number of benzene rings is 2. The van der Waals surface area contributed by atoms with Crippen molar-refractivity contribution < 1.29 is 38.5 Å². The predicted octanol–water partition coefficient (Wildman–Crippen LogP) is 3.03. The first-order valence-electron chi connectivity index (χ1n) is 10.9. The average Bonchev–Trinajstić information content (AvgIpc) is 3.59. The number of aromatic hydroxyl groups is 2. The smallest absolute Gasteiger partial charge is 0.331 e. The van der Waals surface area contributed by atoms with E-state index in [0.29, 0.717) is 11.1 Å². The van der Waals surface area contributed by atoms with Crippen LogP contribution in [0.15, 0.2) is 79.7 Å². The van der Waals surface area contributed by atoms with Gasteiger partial charge in [0.1, 0.15) is 23.0 Å². The molecule has 16 heteroatoms. The summed E-state index contributed by atoms with van der Waals surface area (Å²) >= 11 is 0. The molecule has 16 nitrogen and oxygen atoms in total. The molecule has 0 unspecified atom stereocenters. The molecule has 0 fully saturated rings. The fraction of sp³-hybridized carbons (Fsp3) is 0. The second-order valence-corrected chi connectivity index (χ2v) is 7.72. The Morgan fingerprint density at radius 3 is 1.48 bits per heavy atom. The number of carbonyl (C=O) groups is 2. The standard InChI is InChI=1S/C24H16N6O10/c31-19-5-1-13(9-17(19)29(35)36)21-7-3-15(39-21)11-25-27-23(33)24(34)28-26-12-16-4-8-22(40-16)14-2-6-20(32)18(10-14)30(37)38/h1-12,31-32H,(H,27,33)(H,28,34)/b25-11-,26-12+. The van der Waals surface area contributed by atoms with Gasteiger partial charge in [-0.1, -0.05) is 0 Å². The Morgan fingerprint density at radius 1 is 0.700 bits per heavy atom. The van der Waals surface area contributed by atoms with Crippen LogP contribution in [0.25, 0.3) is 22.6 Å². The second-order valence-electron chi connectivity index (χ2n) is 7.72. The summed E-state index contributed by atoms with van der Waals surface area (Å²) in [6.45, 7) is 0. The lowest BCUT2D eigenvalue weighted by Gasteiger charge is -1.99. The average molecular weight is 548 g/mol. The molecule has 4 N–H and O–H groups in total. The number of phenols is 2. The van der Waals surface area contributed by atoms with Crippen LogP contribution in [0.2, 0.25) is 0 Å². The number of hydrogen-bond acceptors (Lipinski definition) is 12. The van der Waals surface area contributed by atoms with Gasteiger partial charge in [-0.05, 0) is 48.5 Å². The number of nitrogens with zero attached hydrogens (tertiary/aromatic N) is 4. The van der Waals surface area contributed by atoms with Crippen LogP contribution < -0.4 is 10.9 Å². The molecule has 2 aromatic carbocycles. The van der Waals surface area contributed by atoms with Gasteiger partial charge in [0.25, 0.3) is 0 Å². The summed E-state index contributed by atoms with van der Waals surface area (Å²) in [5.41, 5.74) is 3.57. The molecular formula is C24H16N6O10. The topological polar surface area (TPSA) is 236 Å². The van der Waals surface area contributed by atoms with E-state index < -0.39 is 44.5 Å². The lowest BCUT2D eigenvalue weighted by Crippen LogP contribution is -2.35. The highest BCUT2D eigenvalue weighted by molar-refractivity contribution is 6.35. The molecule has 2 aromatic heterocycles. The van der Waals surface area contributed by atoms with Crippen LogP contribution in [0.3, 0.4) is 0 Å². The van der Waals surface area contributed by atoms with Crippen molar-refractivity contribution in [1.29, 1.82) is 0 Å². The minimum atomic E-state index is -1.16. The number of amides is 2. The Labute approximate surface area is 222 Å². The van der Waals surface area contributed by atoms with E-state index in [4.69, 9.17) is 8.83 Å². The van der Waals surface area contributed by atoms with Crippen molar-refractivity contribution in [3.63, 3.8) is 0 Å². The van der Waals surface area contributed by atoms with Gasteiger partial charge in [0.2, 0.25) is 0 Å². The number of nitrogens with one attached hydrogen (secondary N) is 2. The molecule has 4 rings (SSSR count). The van der Waals surface area contributed by atoms with Crippen LogP contribution in [-0.4, -0.2) is 44.3 Å². The molecule has 0 spiro atoms. The molecule has 2 amide bonds. The summed E-state index contributed by atoms with van der Waals surface area (Å²) in [5, 5.41) is 48.3. The van der Waals surface area contributed by atoms with Crippen molar-refractivity contribution in [3.8, 4) is 34.1 Å². The summed E-state index contributed by atoms with van der Waals surface area (Å²) in [7, 11) is 0. The highest BCUT2D eigenvalue weighted by Crippen LogP contribution is 2.33. The Kier molecular flexibility index (Phi) is 7.61. The molecule has 4 aromatic rings. The fourth-order valence-corrected chi connectivity index (χ4v) is 3.21. The number of hydrazone groups is 2. The molecule has 0 bridgehead atoms. The van der Waals surface area contributed by atoms with Gasteiger partial charge in [-0.25, -0.2) is 10.9 Å². The van der Waals surface area contributed by atoms with Gasteiger partial charge < -0.3 is 19.0 Å². The minimum Gasteiger partial charge on any atom is -0.502 e. The SMILES string of the molecule is O=C(N/N=C\c1ccc(-c2ccc(O)c([N+](=O)[O-])c2)o1)C(=O)N/N=C/c1ccc(-c2ccc(O)c([N+](=O)[O-])c2)o1. The van der Waals surface area contributed by atoms with E-state index in [1.165, 1.54) is 36.4 Å². The van der Waals surface area contributed by atoms with Crippen molar-refractivity contribution >= 4 is 35.6 Å². The molecule has 0 radical (unpaired) electrons. The third-order valence-corrected chi connectivity index (χ3v) is 5.09. The van der Waals surface area contributed by atoms with Gasteiger partial charge in [-0.15, -0.1) is 0 Å². The number of carbonyl (C=O) groups excluding carboxylic acids is 2. The molecule has 40 heavy (non-hydrogen) atoms. The lowest BCUT2D eigenvalue weighted by molar-refractivity contribution is -0.385. The van der Waals surface area contributed by atoms with Crippen LogP contribution in [0.1, 0.15) is 11.5 Å². The Bertz CT molecular complexity index is 1560.